The summed E-state index contributed by atoms with van der Waals surface area (Å²) in [7, 11) is 0. The first kappa shape index (κ1) is 16.3. The van der Waals surface area contributed by atoms with Crippen molar-refractivity contribution in [2.24, 2.45) is 11.8 Å². The van der Waals surface area contributed by atoms with Gasteiger partial charge in [-0.2, -0.15) is 13.2 Å². The summed E-state index contributed by atoms with van der Waals surface area (Å²) in [5.41, 5.74) is 0. The Morgan fingerprint density at radius 3 is 2.32 bits per heavy atom. The smallest absolute Gasteiger partial charge is 0.356 e. The second kappa shape index (κ2) is 7.72. The molecule has 0 atom stereocenters. The molecule has 2 N–H and O–H groups in total. The minimum atomic E-state index is -4.10. The van der Waals surface area contributed by atoms with Crippen LogP contribution in [0.25, 0.3) is 0 Å². The summed E-state index contributed by atoms with van der Waals surface area (Å²) in [6, 6.07) is 0. The molecular formula is C13H23F3N2O. The minimum absolute atomic E-state index is 0.0823. The van der Waals surface area contributed by atoms with Gasteiger partial charge < -0.3 is 10.6 Å². The Bertz CT molecular complexity index is 274. The molecule has 1 saturated carbocycles. The first-order valence-corrected chi connectivity index (χ1v) is 7.00. The van der Waals surface area contributed by atoms with E-state index in [9.17, 15) is 18.0 Å². The van der Waals surface area contributed by atoms with Crippen molar-refractivity contribution in [2.45, 2.75) is 45.2 Å². The number of halogens is 3. The molecule has 1 aliphatic rings. The zero-order chi connectivity index (χ0) is 14.3. The maximum atomic E-state index is 12.5. The third kappa shape index (κ3) is 5.80. The summed E-state index contributed by atoms with van der Waals surface area (Å²) in [5.74, 6) is -1.54. The standard InChI is InChI=1S/C13H23F3N2O/c1-2-17-8-3-9-18-12(19)10-4-6-11(7-5-10)13(14,15)16/h10-11,17H,2-9H2,1H3,(H,18,19). The van der Waals surface area contributed by atoms with Gasteiger partial charge in [0.15, 0.2) is 0 Å². The molecule has 1 amide bonds. The maximum absolute atomic E-state index is 12.5. The van der Waals surface area contributed by atoms with E-state index in [1.807, 2.05) is 6.92 Å². The monoisotopic (exact) mass is 280 g/mol. The van der Waals surface area contributed by atoms with Crippen LogP contribution in [0.1, 0.15) is 39.0 Å². The summed E-state index contributed by atoms with van der Waals surface area (Å²) in [6.45, 7) is 4.34. The molecule has 0 unspecified atom stereocenters. The number of hydrogen-bond acceptors (Lipinski definition) is 2. The lowest BCUT2D eigenvalue weighted by Gasteiger charge is -2.29. The van der Waals surface area contributed by atoms with Crippen molar-refractivity contribution >= 4 is 5.91 Å². The third-order valence-corrected chi connectivity index (χ3v) is 3.64. The van der Waals surface area contributed by atoms with Gasteiger partial charge >= 0.3 is 6.18 Å². The van der Waals surface area contributed by atoms with Gasteiger partial charge in [0.05, 0.1) is 5.92 Å². The Morgan fingerprint density at radius 1 is 1.16 bits per heavy atom. The highest BCUT2D eigenvalue weighted by atomic mass is 19.4. The molecular weight excluding hydrogens is 257 g/mol. The Morgan fingerprint density at radius 2 is 1.79 bits per heavy atom. The Labute approximate surface area is 112 Å². The molecule has 112 valence electrons. The van der Waals surface area contributed by atoms with E-state index in [1.54, 1.807) is 0 Å². The number of alkyl halides is 3. The lowest BCUT2D eigenvalue weighted by molar-refractivity contribution is -0.184. The van der Waals surface area contributed by atoms with Crippen LogP contribution in [0, 0.1) is 11.8 Å². The SMILES string of the molecule is CCNCCCNC(=O)C1CCC(C(F)(F)F)CC1. The Kier molecular flexibility index (Phi) is 6.62. The Balaban J connectivity index is 2.18. The molecule has 0 saturated heterocycles. The van der Waals surface area contributed by atoms with Crippen molar-refractivity contribution < 1.29 is 18.0 Å². The van der Waals surface area contributed by atoms with Crippen LogP contribution < -0.4 is 10.6 Å². The van der Waals surface area contributed by atoms with E-state index >= 15 is 0 Å². The van der Waals surface area contributed by atoms with Crippen LogP contribution in [0.5, 0.6) is 0 Å². The van der Waals surface area contributed by atoms with Gasteiger partial charge in [0.2, 0.25) is 5.91 Å². The topological polar surface area (TPSA) is 41.1 Å². The van der Waals surface area contributed by atoms with Crippen LogP contribution in [0.2, 0.25) is 0 Å². The highest BCUT2D eigenvalue weighted by molar-refractivity contribution is 5.78. The molecule has 1 aliphatic carbocycles. The fourth-order valence-electron chi connectivity index (χ4n) is 2.43. The van der Waals surface area contributed by atoms with Crippen molar-refractivity contribution in [3.8, 4) is 0 Å². The molecule has 0 aromatic carbocycles. The van der Waals surface area contributed by atoms with Gasteiger partial charge in [-0.05, 0) is 45.2 Å². The maximum Gasteiger partial charge on any atom is 0.391 e. The average molecular weight is 280 g/mol. The highest BCUT2D eigenvalue weighted by Gasteiger charge is 2.42. The van der Waals surface area contributed by atoms with Gasteiger partial charge in [0.25, 0.3) is 0 Å². The summed E-state index contributed by atoms with van der Waals surface area (Å²) >= 11 is 0. The average Bonchev–Trinajstić information content (AvgIpc) is 2.37. The number of hydrogen-bond donors (Lipinski definition) is 2. The molecule has 0 heterocycles. The number of carbonyl (C=O) groups excluding carboxylic acids is 1. The van der Waals surface area contributed by atoms with Crippen LogP contribution in [-0.2, 0) is 4.79 Å². The minimum Gasteiger partial charge on any atom is -0.356 e. The van der Waals surface area contributed by atoms with Gasteiger partial charge in [-0.3, -0.25) is 4.79 Å². The molecule has 0 aliphatic heterocycles. The Hall–Kier alpha value is -0.780. The van der Waals surface area contributed by atoms with Gasteiger partial charge in [-0.25, -0.2) is 0 Å². The molecule has 0 aromatic rings. The number of rotatable bonds is 6. The van der Waals surface area contributed by atoms with Gasteiger partial charge in [-0.1, -0.05) is 6.92 Å². The van der Waals surface area contributed by atoms with Crippen molar-refractivity contribution in [3.05, 3.63) is 0 Å². The summed E-state index contributed by atoms with van der Waals surface area (Å²) in [5, 5.41) is 5.95. The zero-order valence-corrected chi connectivity index (χ0v) is 11.4. The predicted octanol–water partition coefficient (Wildman–Crippen LogP) is 2.47. The van der Waals surface area contributed by atoms with E-state index in [2.05, 4.69) is 10.6 Å². The molecule has 0 aromatic heterocycles. The first-order chi connectivity index (χ1) is 8.95. The van der Waals surface area contributed by atoms with E-state index in [1.165, 1.54) is 0 Å². The second-order valence-corrected chi connectivity index (χ2v) is 5.09. The number of amides is 1. The van der Waals surface area contributed by atoms with Crippen LogP contribution in [-0.4, -0.2) is 31.7 Å². The van der Waals surface area contributed by atoms with Gasteiger partial charge in [-0.15, -0.1) is 0 Å². The van der Waals surface area contributed by atoms with Crippen LogP contribution in [0.3, 0.4) is 0 Å². The first-order valence-electron chi connectivity index (χ1n) is 7.00. The van der Waals surface area contributed by atoms with E-state index < -0.39 is 12.1 Å². The van der Waals surface area contributed by atoms with Gasteiger partial charge in [0, 0.05) is 12.5 Å². The number of nitrogens with one attached hydrogen (secondary N) is 2. The summed E-state index contributed by atoms with van der Waals surface area (Å²) in [6.07, 6.45) is -2.39. The molecule has 0 spiro atoms. The van der Waals surface area contributed by atoms with Crippen LogP contribution >= 0.6 is 0 Å². The molecule has 6 heteroatoms. The lowest BCUT2D eigenvalue weighted by atomic mass is 9.81. The highest BCUT2D eigenvalue weighted by Crippen LogP contribution is 2.39. The van der Waals surface area contributed by atoms with Crippen molar-refractivity contribution in [3.63, 3.8) is 0 Å². The van der Waals surface area contributed by atoms with Crippen LogP contribution in [0.4, 0.5) is 13.2 Å². The molecule has 0 bridgehead atoms. The second-order valence-electron chi connectivity index (χ2n) is 5.09. The lowest BCUT2D eigenvalue weighted by Crippen LogP contribution is -2.36. The molecule has 1 rings (SSSR count). The van der Waals surface area contributed by atoms with Crippen molar-refractivity contribution in [2.75, 3.05) is 19.6 Å². The molecule has 3 nitrogen and oxygen atoms in total. The molecule has 0 radical (unpaired) electrons. The van der Waals surface area contributed by atoms with Crippen molar-refractivity contribution in [1.29, 1.82) is 0 Å². The van der Waals surface area contributed by atoms with Gasteiger partial charge in [0.1, 0.15) is 0 Å². The fourth-order valence-corrected chi connectivity index (χ4v) is 2.43. The van der Waals surface area contributed by atoms with E-state index in [0.29, 0.717) is 19.4 Å². The predicted molar refractivity (Wildman–Crippen MR) is 67.7 cm³/mol. The van der Waals surface area contributed by atoms with Crippen LogP contribution in [0.15, 0.2) is 0 Å². The normalized spacial score (nSPS) is 24.2. The summed E-state index contributed by atoms with van der Waals surface area (Å²) in [4.78, 5) is 11.8. The quantitative estimate of drug-likeness (QED) is 0.734. The van der Waals surface area contributed by atoms with E-state index in [4.69, 9.17) is 0 Å². The fraction of sp³-hybridized carbons (Fsp3) is 0.923. The molecule has 19 heavy (non-hydrogen) atoms. The van der Waals surface area contributed by atoms with E-state index in [-0.39, 0.29) is 24.7 Å². The largest absolute Gasteiger partial charge is 0.391 e. The third-order valence-electron chi connectivity index (χ3n) is 3.64. The zero-order valence-electron chi connectivity index (χ0n) is 11.4. The summed E-state index contributed by atoms with van der Waals surface area (Å²) < 4.78 is 37.4. The van der Waals surface area contributed by atoms with Crippen molar-refractivity contribution in [1.82, 2.24) is 10.6 Å². The molecule has 1 fully saturated rings. The number of carbonyl (C=O) groups is 1. The van der Waals surface area contributed by atoms with E-state index in [0.717, 1.165) is 19.5 Å².